The second-order valence-corrected chi connectivity index (χ2v) is 6.62. The molecule has 5 nitrogen and oxygen atoms in total. The summed E-state index contributed by atoms with van der Waals surface area (Å²) in [7, 11) is 0. The summed E-state index contributed by atoms with van der Waals surface area (Å²) in [5, 5.41) is 2.85. The number of nitrogens with one attached hydrogen (secondary N) is 1. The zero-order valence-corrected chi connectivity index (χ0v) is 14.7. The number of carbonyl (C=O) groups is 2. The first-order chi connectivity index (χ1) is 11.2. The fraction of sp³-hybridized carbons (Fsp3) is 0.556. The van der Waals surface area contributed by atoms with Crippen LogP contribution in [0.3, 0.4) is 0 Å². The van der Waals surface area contributed by atoms with Crippen molar-refractivity contribution >= 4 is 24.2 Å². The molecule has 1 unspecified atom stereocenters. The Hall–Kier alpha value is -1.59. The van der Waals surface area contributed by atoms with Gasteiger partial charge in [-0.1, -0.05) is 30.3 Å². The van der Waals surface area contributed by atoms with Crippen LogP contribution in [0.4, 0.5) is 0 Å². The van der Waals surface area contributed by atoms with Crippen LogP contribution in [-0.4, -0.2) is 42.9 Å². The maximum atomic E-state index is 13.0. The quantitative estimate of drug-likeness (QED) is 0.843. The van der Waals surface area contributed by atoms with Crippen molar-refractivity contribution in [3.8, 4) is 0 Å². The third-order valence-electron chi connectivity index (χ3n) is 5.01. The van der Waals surface area contributed by atoms with Gasteiger partial charge in [0.15, 0.2) is 0 Å². The summed E-state index contributed by atoms with van der Waals surface area (Å²) < 4.78 is 0. The molecule has 1 heterocycles. The molecule has 0 spiro atoms. The molecule has 132 valence electrons. The number of piperidine rings is 1. The number of hydrogen-bond donors (Lipinski definition) is 2. The van der Waals surface area contributed by atoms with E-state index in [0.717, 1.165) is 37.8 Å². The monoisotopic (exact) mass is 351 g/mol. The molecule has 0 aromatic heterocycles. The van der Waals surface area contributed by atoms with Crippen molar-refractivity contribution in [2.75, 3.05) is 26.2 Å². The zero-order chi connectivity index (χ0) is 16.3. The number of amides is 2. The summed E-state index contributed by atoms with van der Waals surface area (Å²) in [6.07, 6.45) is 3.56. The predicted octanol–water partition coefficient (Wildman–Crippen LogP) is 1.45. The van der Waals surface area contributed by atoms with E-state index in [9.17, 15) is 9.59 Å². The van der Waals surface area contributed by atoms with E-state index in [1.54, 1.807) is 0 Å². The fourth-order valence-electron chi connectivity index (χ4n) is 3.53. The Kier molecular flexibility index (Phi) is 6.24. The average molecular weight is 352 g/mol. The van der Waals surface area contributed by atoms with Gasteiger partial charge < -0.3 is 16.0 Å². The van der Waals surface area contributed by atoms with Crippen LogP contribution in [0.2, 0.25) is 0 Å². The lowest BCUT2D eigenvalue weighted by Gasteiger charge is -2.34. The van der Waals surface area contributed by atoms with Gasteiger partial charge in [0.25, 0.3) is 0 Å². The summed E-state index contributed by atoms with van der Waals surface area (Å²) in [6.45, 7) is 2.23. The molecule has 1 aromatic carbocycles. The van der Waals surface area contributed by atoms with Crippen LogP contribution in [0.15, 0.2) is 30.3 Å². The van der Waals surface area contributed by atoms with Gasteiger partial charge in [0.2, 0.25) is 11.8 Å². The van der Waals surface area contributed by atoms with E-state index in [1.165, 1.54) is 0 Å². The number of nitrogens with two attached hydrogens (primary N) is 1. The van der Waals surface area contributed by atoms with Gasteiger partial charge in [0.1, 0.15) is 0 Å². The molecule has 3 N–H and O–H groups in total. The van der Waals surface area contributed by atoms with Crippen molar-refractivity contribution in [1.29, 1.82) is 0 Å². The minimum Gasteiger partial charge on any atom is -0.355 e. The molecular formula is C18H26ClN3O2. The van der Waals surface area contributed by atoms with Crippen LogP contribution in [0.25, 0.3) is 0 Å². The molecule has 1 saturated carbocycles. The molecule has 2 amide bonds. The highest BCUT2D eigenvalue weighted by Gasteiger charge is 2.53. The van der Waals surface area contributed by atoms with E-state index in [4.69, 9.17) is 5.73 Å². The molecule has 1 atom stereocenters. The van der Waals surface area contributed by atoms with Gasteiger partial charge in [-0.05, 0) is 31.2 Å². The van der Waals surface area contributed by atoms with Crippen molar-refractivity contribution < 1.29 is 9.59 Å². The number of carbonyl (C=O) groups excluding carboxylic acids is 2. The Morgan fingerprint density at radius 2 is 1.96 bits per heavy atom. The van der Waals surface area contributed by atoms with Crippen molar-refractivity contribution in [1.82, 2.24) is 10.2 Å². The van der Waals surface area contributed by atoms with Crippen molar-refractivity contribution in [2.45, 2.75) is 31.1 Å². The topological polar surface area (TPSA) is 75.4 Å². The van der Waals surface area contributed by atoms with E-state index < -0.39 is 0 Å². The van der Waals surface area contributed by atoms with E-state index in [-0.39, 0.29) is 35.6 Å². The maximum absolute atomic E-state index is 13.0. The Labute approximate surface area is 149 Å². The summed E-state index contributed by atoms with van der Waals surface area (Å²) in [5.74, 6) is 0.114. The molecule has 2 fully saturated rings. The maximum Gasteiger partial charge on any atom is 0.233 e. The second kappa shape index (κ2) is 7.99. The standard InChI is InChI=1S/C18H25N3O2.ClH/c19-10-11-20-16(22)14-5-4-12-21(13-14)17(23)18(8-9-18)15-6-2-1-3-7-15;/h1-3,6-7,14H,4-5,8-13,19H2,(H,20,22);1H. The number of likely N-dealkylation sites (tertiary alicyclic amines) is 1. The zero-order valence-electron chi connectivity index (χ0n) is 13.9. The third-order valence-corrected chi connectivity index (χ3v) is 5.01. The van der Waals surface area contributed by atoms with E-state index in [2.05, 4.69) is 5.32 Å². The Bertz CT molecular complexity index is 575. The molecule has 24 heavy (non-hydrogen) atoms. The molecule has 0 bridgehead atoms. The number of nitrogens with zero attached hydrogens (tertiary/aromatic N) is 1. The van der Waals surface area contributed by atoms with E-state index >= 15 is 0 Å². The van der Waals surface area contributed by atoms with Crippen LogP contribution < -0.4 is 11.1 Å². The van der Waals surface area contributed by atoms with Crippen molar-refractivity contribution in [3.63, 3.8) is 0 Å². The smallest absolute Gasteiger partial charge is 0.233 e. The van der Waals surface area contributed by atoms with Crippen LogP contribution in [0.5, 0.6) is 0 Å². The minimum atomic E-state index is -0.336. The molecule has 0 radical (unpaired) electrons. The fourth-order valence-corrected chi connectivity index (χ4v) is 3.53. The average Bonchev–Trinajstić information content (AvgIpc) is 3.42. The lowest BCUT2D eigenvalue weighted by molar-refractivity contribution is -0.138. The van der Waals surface area contributed by atoms with Gasteiger partial charge in [-0.3, -0.25) is 9.59 Å². The Morgan fingerprint density at radius 3 is 2.58 bits per heavy atom. The predicted molar refractivity (Wildman–Crippen MR) is 96.0 cm³/mol. The molecular weight excluding hydrogens is 326 g/mol. The normalized spacial score (nSPS) is 21.5. The van der Waals surface area contributed by atoms with Crippen LogP contribution in [0.1, 0.15) is 31.2 Å². The van der Waals surface area contributed by atoms with Gasteiger partial charge in [-0.2, -0.15) is 0 Å². The summed E-state index contributed by atoms with van der Waals surface area (Å²) in [4.78, 5) is 27.1. The highest BCUT2D eigenvalue weighted by Crippen LogP contribution is 2.49. The number of benzene rings is 1. The van der Waals surface area contributed by atoms with Crippen LogP contribution in [0, 0.1) is 5.92 Å². The van der Waals surface area contributed by atoms with Crippen molar-refractivity contribution in [3.05, 3.63) is 35.9 Å². The first-order valence-corrected chi connectivity index (χ1v) is 8.50. The third kappa shape index (κ3) is 3.73. The van der Waals surface area contributed by atoms with Gasteiger partial charge >= 0.3 is 0 Å². The van der Waals surface area contributed by atoms with Gasteiger partial charge in [0.05, 0.1) is 11.3 Å². The summed E-state index contributed by atoms with van der Waals surface area (Å²) >= 11 is 0. The number of hydrogen-bond acceptors (Lipinski definition) is 3. The van der Waals surface area contributed by atoms with Gasteiger partial charge in [-0.15, -0.1) is 12.4 Å². The Morgan fingerprint density at radius 1 is 1.25 bits per heavy atom. The molecule has 3 rings (SSSR count). The molecule has 1 aliphatic heterocycles. The lowest BCUT2D eigenvalue weighted by atomic mass is 9.91. The summed E-state index contributed by atoms with van der Waals surface area (Å²) in [6, 6.07) is 10.0. The number of rotatable bonds is 5. The highest BCUT2D eigenvalue weighted by atomic mass is 35.5. The SMILES string of the molecule is Cl.NCCNC(=O)C1CCCN(C(=O)C2(c3ccccc3)CC2)C1. The largest absolute Gasteiger partial charge is 0.355 e. The van der Waals surface area contributed by atoms with Crippen molar-refractivity contribution in [2.24, 2.45) is 11.7 Å². The second-order valence-electron chi connectivity index (χ2n) is 6.62. The molecule has 6 heteroatoms. The molecule has 1 aromatic rings. The first kappa shape index (κ1) is 18.7. The summed E-state index contributed by atoms with van der Waals surface area (Å²) in [5.41, 5.74) is 6.21. The minimum absolute atomic E-state index is 0. The van der Waals surface area contributed by atoms with Crippen LogP contribution >= 0.6 is 12.4 Å². The molecule has 1 aliphatic carbocycles. The van der Waals surface area contributed by atoms with Gasteiger partial charge in [-0.25, -0.2) is 0 Å². The van der Waals surface area contributed by atoms with Gasteiger partial charge in [0, 0.05) is 26.2 Å². The highest BCUT2D eigenvalue weighted by molar-refractivity contribution is 5.92. The molecule has 1 saturated heterocycles. The Balaban J connectivity index is 0.00000208. The van der Waals surface area contributed by atoms with E-state index in [0.29, 0.717) is 19.6 Å². The van der Waals surface area contributed by atoms with E-state index in [1.807, 2.05) is 35.2 Å². The van der Waals surface area contributed by atoms with Crippen LogP contribution in [-0.2, 0) is 15.0 Å². The first-order valence-electron chi connectivity index (χ1n) is 8.50. The number of halogens is 1. The molecule has 2 aliphatic rings. The lowest BCUT2D eigenvalue weighted by Crippen LogP contribution is -2.49.